The van der Waals surface area contributed by atoms with Crippen LogP contribution in [0.4, 0.5) is 0 Å². The van der Waals surface area contributed by atoms with Crippen molar-refractivity contribution in [2.45, 2.75) is 69.6 Å². The van der Waals surface area contributed by atoms with E-state index < -0.39 is 0 Å². The number of carbonyl (C=O) groups excluding carboxylic acids is 1. The molecule has 0 aromatic heterocycles. The Bertz CT molecular complexity index is 311. The number of hydrogen-bond donors (Lipinski definition) is 2. The fourth-order valence-corrected chi connectivity index (χ4v) is 3.41. The number of piperidine rings is 1. The van der Waals surface area contributed by atoms with Crippen molar-refractivity contribution in [3.8, 4) is 0 Å². The molecular formula is C15H26N2O2. The average molecular weight is 266 g/mol. The molecule has 108 valence electrons. The van der Waals surface area contributed by atoms with Crippen LogP contribution in [0.2, 0.25) is 0 Å². The molecule has 0 spiro atoms. The minimum Gasteiger partial charge on any atom is -0.376 e. The van der Waals surface area contributed by atoms with Crippen molar-refractivity contribution < 1.29 is 9.53 Å². The fraction of sp³-hybridized carbons (Fsp3) is 0.933. The molecule has 0 aromatic carbocycles. The second-order valence-corrected chi connectivity index (χ2v) is 6.32. The first kappa shape index (κ1) is 13.4. The van der Waals surface area contributed by atoms with Crippen molar-refractivity contribution in [1.82, 2.24) is 10.6 Å². The van der Waals surface area contributed by atoms with Crippen molar-refractivity contribution >= 4 is 5.91 Å². The molecule has 3 unspecified atom stereocenters. The zero-order valence-corrected chi connectivity index (χ0v) is 11.7. The molecule has 3 atom stereocenters. The predicted molar refractivity (Wildman–Crippen MR) is 73.9 cm³/mol. The van der Waals surface area contributed by atoms with Gasteiger partial charge in [-0.3, -0.25) is 4.79 Å². The molecule has 2 heterocycles. The first-order valence-electron chi connectivity index (χ1n) is 7.97. The van der Waals surface area contributed by atoms with Crippen LogP contribution in [-0.4, -0.2) is 37.2 Å². The smallest absolute Gasteiger partial charge is 0.220 e. The van der Waals surface area contributed by atoms with Gasteiger partial charge in [-0.05, 0) is 51.0 Å². The van der Waals surface area contributed by atoms with Crippen LogP contribution < -0.4 is 10.6 Å². The molecule has 4 heteroatoms. The molecule has 0 bridgehead atoms. The van der Waals surface area contributed by atoms with Gasteiger partial charge < -0.3 is 15.4 Å². The third-order valence-corrected chi connectivity index (χ3v) is 4.70. The molecule has 3 rings (SSSR count). The lowest BCUT2D eigenvalue weighted by molar-refractivity contribution is -0.122. The highest BCUT2D eigenvalue weighted by Crippen LogP contribution is 2.38. The highest BCUT2D eigenvalue weighted by atomic mass is 16.5. The molecule has 2 N–H and O–H groups in total. The molecule has 3 fully saturated rings. The summed E-state index contributed by atoms with van der Waals surface area (Å²) in [5, 5.41) is 6.70. The Morgan fingerprint density at radius 2 is 2.11 bits per heavy atom. The van der Waals surface area contributed by atoms with E-state index in [0.29, 0.717) is 24.5 Å². The minimum absolute atomic E-state index is 0.216. The van der Waals surface area contributed by atoms with Gasteiger partial charge in [0.1, 0.15) is 0 Å². The quantitative estimate of drug-likeness (QED) is 0.794. The Labute approximate surface area is 115 Å². The summed E-state index contributed by atoms with van der Waals surface area (Å²) >= 11 is 0. The van der Waals surface area contributed by atoms with E-state index in [1.165, 1.54) is 32.1 Å². The molecule has 2 saturated heterocycles. The monoisotopic (exact) mass is 266 g/mol. The summed E-state index contributed by atoms with van der Waals surface area (Å²) in [6, 6.07) is 0.831. The van der Waals surface area contributed by atoms with Gasteiger partial charge in [-0.1, -0.05) is 6.42 Å². The maximum Gasteiger partial charge on any atom is 0.220 e. The first-order valence-corrected chi connectivity index (χ1v) is 7.97. The largest absolute Gasteiger partial charge is 0.376 e. The topological polar surface area (TPSA) is 50.4 Å². The number of nitrogens with one attached hydrogen (secondary N) is 2. The molecular weight excluding hydrogens is 240 g/mol. The summed E-state index contributed by atoms with van der Waals surface area (Å²) in [5.41, 5.74) is 0. The van der Waals surface area contributed by atoms with Gasteiger partial charge in [0, 0.05) is 19.1 Å². The Balaban J connectivity index is 1.38. The lowest BCUT2D eigenvalue weighted by Gasteiger charge is -2.24. The van der Waals surface area contributed by atoms with Crippen molar-refractivity contribution in [1.29, 1.82) is 0 Å². The average Bonchev–Trinajstić information content (AvgIpc) is 3.18. The van der Waals surface area contributed by atoms with Gasteiger partial charge in [-0.25, -0.2) is 0 Å². The van der Waals surface area contributed by atoms with E-state index in [2.05, 4.69) is 10.6 Å². The minimum atomic E-state index is 0.216. The van der Waals surface area contributed by atoms with Crippen molar-refractivity contribution in [2.75, 3.05) is 13.2 Å². The highest BCUT2D eigenvalue weighted by molar-refractivity contribution is 5.76. The van der Waals surface area contributed by atoms with Gasteiger partial charge >= 0.3 is 0 Å². The van der Waals surface area contributed by atoms with E-state index in [1.54, 1.807) is 0 Å². The Morgan fingerprint density at radius 1 is 1.21 bits per heavy atom. The standard InChI is InChI=1S/C15H26N2O2/c18-14(7-6-12-3-1-2-9-16-12)17-13-8-10-19-15(13)11-4-5-11/h11-13,15-16H,1-10H2,(H,17,18). The Morgan fingerprint density at radius 3 is 2.84 bits per heavy atom. The van der Waals surface area contributed by atoms with E-state index in [0.717, 1.165) is 26.0 Å². The summed E-state index contributed by atoms with van der Waals surface area (Å²) in [6.07, 6.45) is 9.31. The van der Waals surface area contributed by atoms with E-state index >= 15 is 0 Å². The summed E-state index contributed by atoms with van der Waals surface area (Å²) in [6.45, 7) is 1.93. The van der Waals surface area contributed by atoms with Gasteiger partial charge in [0.15, 0.2) is 0 Å². The van der Waals surface area contributed by atoms with Gasteiger partial charge in [-0.2, -0.15) is 0 Å². The van der Waals surface area contributed by atoms with Gasteiger partial charge in [-0.15, -0.1) is 0 Å². The van der Waals surface area contributed by atoms with Crippen LogP contribution in [0, 0.1) is 5.92 Å². The zero-order chi connectivity index (χ0) is 13.1. The second kappa shape index (κ2) is 6.23. The number of ether oxygens (including phenoxy) is 1. The van der Waals surface area contributed by atoms with Crippen LogP contribution in [0.15, 0.2) is 0 Å². The van der Waals surface area contributed by atoms with E-state index in [-0.39, 0.29) is 11.9 Å². The Kier molecular flexibility index (Phi) is 4.38. The van der Waals surface area contributed by atoms with E-state index in [4.69, 9.17) is 4.74 Å². The molecule has 2 aliphatic heterocycles. The normalized spacial score (nSPS) is 35.3. The lowest BCUT2D eigenvalue weighted by Crippen LogP contribution is -2.42. The summed E-state index contributed by atoms with van der Waals surface area (Å²) in [7, 11) is 0. The maximum absolute atomic E-state index is 12.0. The van der Waals surface area contributed by atoms with Crippen molar-refractivity contribution in [3.05, 3.63) is 0 Å². The fourth-order valence-electron chi connectivity index (χ4n) is 3.41. The van der Waals surface area contributed by atoms with Crippen LogP contribution in [0.25, 0.3) is 0 Å². The highest BCUT2D eigenvalue weighted by Gasteiger charge is 2.41. The number of rotatable bonds is 5. The van der Waals surface area contributed by atoms with Crippen LogP contribution >= 0.6 is 0 Å². The van der Waals surface area contributed by atoms with E-state index in [9.17, 15) is 4.79 Å². The first-order chi connectivity index (χ1) is 9.33. The van der Waals surface area contributed by atoms with Crippen LogP contribution in [0.5, 0.6) is 0 Å². The van der Waals surface area contributed by atoms with Gasteiger partial charge in [0.05, 0.1) is 12.1 Å². The van der Waals surface area contributed by atoms with Crippen molar-refractivity contribution in [3.63, 3.8) is 0 Å². The van der Waals surface area contributed by atoms with Gasteiger partial charge in [0.25, 0.3) is 0 Å². The zero-order valence-electron chi connectivity index (χ0n) is 11.7. The SMILES string of the molecule is O=C(CCC1CCCCN1)NC1CCOC1C1CC1. The molecule has 0 aromatic rings. The van der Waals surface area contributed by atoms with Gasteiger partial charge in [0.2, 0.25) is 5.91 Å². The third-order valence-electron chi connectivity index (χ3n) is 4.70. The van der Waals surface area contributed by atoms with Crippen molar-refractivity contribution in [2.24, 2.45) is 5.92 Å². The van der Waals surface area contributed by atoms with E-state index in [1.807, 2.05) is 0 Å². The number of carbonyl (C=O) groups is 1. The van der Waals surface area contributed by atoms with Crippen LogP contribution in [-0.2, 0) is 9.53 Å². The van der Waals surface area contributed by atoms with Crippen LogP contribution in [0.3, 0.4) is 0 Å². The summed E-state index contributed by atoms with van der Waals surface area (Å²) < 4.78 is 5.76. The van der Waals surface area contributed by atoms with Crippen LogP contribution in [0.1, 0.15) is 51.4 Å². The molecule has 4 nitrogen and oxygen atoms in total. The Hall–Kier alpha value is -0.610. The third kappa shape index (κ3) is 3.69. The number of amides is 1. The lowest BCUT2D eigenvalue weighted by atomic mass is 10.00. The molecule has 3 aliphatic rings. The summed E-state index contributed by atoms with van der Waals surface area (Å²) in [5.74, 6) is 0.932. The molecule has 19 heavy (non-hydrogen) atoms. The predicted octanol–water partition coefficient (Wildman–Crippen LogP) is 1.59. The number of hydrogen-bond acceptors (Lipinski definition) is 3. The summed E-state index contributed by atoms with van der Waals surface area (Å²) in [4.78, 5) is 12.0. The molecule has 0 radical (unpaired) electrons. The molecule has 1 aliphatic carbocycles. The molecule has 1 amide bonds. The maximum atomic E-state index is 12.0. The second-order valence-electron chi connectivity index (χ2n) is 6.32. The molecule has 1 saturated carbocycles.